The van der Waals surface area contributed by atoms with Gasteiger partial charge in [-0.05, 0) is 60.8 Å². The lowest BCUT2D eigenvalue weighted by Gasteiger charge is -2.12. The van der Waals surface area contributed by atoms with E-state index < -0.39 is 5.91 Å². The number of hydrogen-bond donors (Lipinski definition) is 2. The lowest BCUT2D eigenvalue weighted by molar-refractivity contribution is 0.0997. The Morgan fingerprint density at radius 3 is 2.75 bits per heavy atom. The van der Waals surface area contributed by atoms with E-state index >= 15 is 0 Å². The Balaban J connectivity index is 1.57. The summed E-state index contributed by atoms with van der Waals surface area (Å²) < 4.78 is 5.88. The number of carbonyl (C=O) groups excluding carboxylic acids is 1. The molecule has 2 aromatic carbocycles. The van der Waals surface area contributed by atoms with Crippen molar-refractivity contribution in [2.75, 3.05) is 6.54 Å². The van der Waals surface area contributed by atoms with Crippen molar-refractivity contribution in [1.29, 1.82) is 0 Å². The van der Waals surface area contributed by atoms with E-state index in [0.717, 1.165) is 35.7 Å². The SMILES string of the molecule is Cc1cc(CNCCc2cccc(Cl)c2)ccc1Oc1ccncc1C(N)=O. The Kier molecular flexibility index (Phi) is 6.63. The second kappa shape index (κ2) is 9.35. The van der Waals surface area contributed by atoms with Gasteiger partial charge in [-0.3, -0.25) is 9.78 Å². The van der Waals surface area contributed by atoms with Crippen LogP contribution in [0.15, 0.2) is 60.9 Å². The second-order valence-corrected chi connectivity index (χ2v) is 6.93. The Morgan fingerprint density at radius 1 is 1.14 bits per heavy atom. The van der Waals surface area contributed by atoms with Gasteiger partial charge in [0.25, 0.3) is 5.91 Å². The van der Waals surface area contributed by atoms with Crippen LogP contribution in [0.2, 0.25) is 5.02 Å². The van der Waals surface area contributed by atoms with Gasteiger partial charge in [-0.15, -0.1) is 0 Å². The normalized spacial score (nSPS) is 10.6. The summed E-state index contributed by atoms with van der Waals surface area (Å²) in [5.41, 5.74) is 8.97. The lowest BCUT2D eigenvalue weighted by atomic mass is 10.1. The van der Waals surface area contributed by atoms with Crippen LogP contribution >= 0.6 is 11.6 Å². The molecule has 0 saturated carbocycles. The summed E-state index contributed by atoms with van der Waals surface area (Å²) in [6.07, 6.45) is 3.89. The van der Waals surface area contributed by atoms with Crippen LogP contribution in [0.5, 0.6) is 11.5 Å². The third-order valence-corrected chi connectivity index (χ3v) is 4.55. The molecule has 28 heavy (non-hydrogen) atoms. The lowest BCUT2D eigenvalue weighted by Crippen LogP contribution is -2.16. The van der Waals surface area contributed by atoms with E-state index in [2.05, 4.69) is 22.4 Å². The number of pyridine rings is 1. The van der Waals surface area contributed by atoms with E-state index in [-0.39, 0.29) is 5.56 Å². The molecule has 0 aliphatic heterocycles. The Labute approximate surface area is 169 Å². The summed E-state index contributed by atoms with van der Waals surface area (Å²) in [5, 5.41) is 4.20. The number of carbonyl (C=O) groups is 1. The van der Waals surface area contributed by atoms with Crippen LogP contribution in [-0.2, 0) is 13.0 Å². The number of primary amides is 1. The molecule has 5 nitrogen and oxygen atoms in total. The summed E-state index contributed by atoms with van der Waals surface area (Å²) in [6, 6.07) is 15.5. The molecule has 0 fully saturated rings. The molecule has 1 aromatic heterocycles. The molecule has 3 aromatic rings. The Hall–Kier alpha value is -2.89. The minimum atomic E-state index is -0.568. The third kappa shape index (κ3) is 5.31. The standard InChI is InChI=1S/C22H22ClN3O2/c1-15-11-17(13-25-9-7-16-3-2-4-18(23)12-16)5-6-20(15)28-21-8-10-26-14-19(21)22(24)27/h2-6,8,10-12,14,25H,7,9,13H2,1H3,(H2,24,27). The monoisotopic (exact) mass is 395 g/mol. The second-order valence-electron chi connectivity index (χ2n) is 6.49. The highest BCUT2D eigenvalue weighted by Crippen LogP contribution is 2.27. The number of hydrogen-bond acceptors (Lipinski definition) is 4. The first kappa shape index (κ1) is 19.9. The molecular weight excluding hydrogens is 374 g/mol. The zero-order valence-corrected chi connectivity index (χ0v) is 16.4. The van der Waals surface area contributed by atoms with Gasteiger partial charge in [-0.2, -0.15) is 0 Å². The average molecular weight is 396 g/mol. The number of rotatable bonds is 8. The average Bonchev–Trinajstić information content (AvgIpc) is 2.67. The fourth-order valence-corrected chi connectivity index (χ4v) is 3.08. The molecule has 0 atom stereocenters. The molecule has 0 bridgehead atoms. The molecule has 6 heteroatoms. The Bertz CT molecular complexity index is 976. The van der Waals surface area contributed by atoms with Gasteiger partial charge in [0.05, 0.1) is 0 Å². The van der Waals surface area contributed by atoms with Crippen molar-refractivity contribution < 1.29 is 9.53 Å². The zero-order chi connectivity index (χ0) is 19.9. The van der Waals surface area contributed by atoms with Crippen LogP contribution in [0.1, 0.15) is 27.0 Å². The van der Waals surface area contributed by atoms with Gasteiger partial charge in [-0.1, -0.05) is 35.9 Å². The van der Waals surface area contributed by atoms with Crippen LogP contribution in [0.3, 0.4) is 0 Å². The van der Waals surface area contributed by atoms with Gasteiger partial charge >= 0.3 is 0 Å². The smallest absolute Gasteiger partial charge is 0.254 e. The van der Waals surface area contributed by atoms with Crippen LogP contribution in [-0.4, -0.2) is 17.4 Å². The first-order valence-electron chi connectivity index (χ1n) is 8.99. The number of nitrogens with two attached hydrogens (primary N) is 1. The topological polar surface area (TPSA) is 77.2 Å². The molecule has 1 heterocycles. The summed E-state index contributed by atoms with van der Waals surface area (Å²) in [5.74, 6) is 0.510. The fraction of sp³-hybridized carbons (Fsp3) is 0.182. The molecule has 0 aliphatic carbocycles. The summed E-state index contributed by atoms with van der Waals surface area (Å²) in [7, 11) is 0. The zero-order valence-electron chi connectivity index (χ0n) is 15.6. The van der Waals surface area contributed by atoms with Crippen LogP contribution in [0.25, 0.3) is 0 Å². The number of nitrogens with zero attached hydrogens (tertiary/aromatic N) is 1. The molecule has 0 radical (unpaired) electrons. The minimum absolute atomic E-state index is 0.258. The largest absolute Gasteiger partial charge is 0.456 e. The maximum atomic E-state index is 11.5. The molecule has 3 rings (SSSR count). The minimum Gasteiger partial charge on any atom is -0.456 e. The third-order valence-electron chi connectivity index (χ3n) is 4.31. The number of nitrogens with one attached hydrogen (secondary N) is 1. The maximum Gasteiger partial charge on any atom is 0.254 e. The predicted octanol–water partition coefficient (Wildman–Crippen LogP) is 4.27. The number of aromatic nitrogens is 1. The van der Waals surface area contributed by atoms with Crippen molar-refractivity contribution in [3.8, 4) is 11.5 Å². The number of aryl methyl sites for hydroxylation is 1. The molecule has 0 spiro atoms. The number of halogens is 1. The van der Waals surface area contributed by atoms with Crippen molar-refractivity contribution in [2.24, 2.45) is 5.73 Å². The van der Waals surface area contributed by atoms with Gasteiger partial charge in [0, 0.05) is 24.0 Å². The molecule has 144 valence electrons. The van der Waals surface area contributed by atoms with E-state index in [9.17, 15) is 4.79 Å². The van der Waals surface area contributed by atoms with Crippen molar-refractivity contribution >= 4 is 17.5 Å². The molecule has 1 amide bonds. The first-order chi connectivity index (χ1) is 13.5. The molecule has 0 unspecified atom stereocenters. The fourth-order valence-electron chi connectivity index (χ4n) is 2.87. The van der Waals surface area contributed by atoms with E-state index in [1.54, 1.807) is 12.3 Å². The van der Waals surface area contributed by atoms with E-state index in [0.29, 0.717) is 11.5 Å². The first-order valence-corrected chi connectivity index (χ1v) is 9.37. The van der Waals surface area contributed by atoms with Crippen molar-refractivity contribution in [1.82, 2.24) is 10.3 Å². The van der Waals surface area contributed by atoms with Crippen LogP contribution in [0, 0.1) is 6.92 Å². The van der Waals surface area contributed by atoms with Gasteiger partial charge in [0.15, 0.2) is 0 Å². The van der Waals surface area contributed by atoms with E-state index in [1.807, 2.05) is 37.3 Å². The highest BCUT2D eigenvalue weighted by Gasteiger charge is 2.11. The van der Waals surface area contributed by atoms with E-state index in [1.165, 1.54) is 11.8 Å². The summed E-state index contributed by atoms with van der Waals surface area (Å²) in [6.45, 7) is 3.58. The van der Waals surface area contributed by atoms with Crippen molar-refractivity contribution in [3.05, 3.63) is 88.2 Å². The number of benzene rings is 2. The molecule has 0 aliphatic rings. The highest BCUT2D eigenvalue weighted by molar-refractivity contribution is 6.30. The predicted molar refractivity (Wildman–Crippen MR) is 111 cm³/mol. The molecule has 3 N–H and O–H groups in total. The van der Waals surface area contributed by atoms with Crippen LogP contribution in [0.4, 0.5) is 0 Å². The summed E-state index contributed by atoms with van der Waals surface area (Å²) >= 11 is 6.01. The number of ether oxygens (including phenoxy) is 1. The van der Waals surface area contributed by atoms with Gasteiger partial charge in [-0.25, -0.2) is 0 Å². The van der Waals surface area contributed by atoms with Gasteiger partial charge in [0.1, 0.15) is 17.1 Å². The number of amides is 1. The maximum absolute atomic E-state index is 11.5. The van der Waals surface area contributed by atoms with Crippen LogP contribution < -0.4 is 15.8 Å². The molecular formula is C22H22ClN3O2. The van der Waals surface area contributed by atoms with Crippen molar-refractivity contribution in [2.45, 2.75) is 19.9 Å². The highest BCUT2D eigenvalue weighted by atomic mass is 35.5. The van der Waals surface area contributed by atoms with Gasteiger partial charge < -0.3 is 15.8 Å². The molecule has 0 saturated heterocycles. The van der Waals surface area contributed by atoms with E-state index in [4.69, 9.17) is 22.1 Å². The Morgan fingerprint density at radius 2 is 2.00 bits per heavy atom. The summed E-state index contributed by atoms with van der Waals surface area (Å²) in [4.78, 5) is 15.4. The quantitative estimate of drug-likeness (QED) is 0.558. The van der Waals surface area contributed by atoms with Gasteiger partial charge in [0.2, 0.25) is 0 Å². The van der Waals surface area contributed by atoms with Crippen molar-refractivity contribution in [3.63, 3.8) is 0 Å².